The molecule has 0 aliphatic rings. The average molecular weight is 282 g/mol. The van der Waals surface area contributed by atoms with Crippen molar-refractivity contribution < 1.29 is 4.42 Å². The molecule has 5 nitrogen and oxygen atoms in total. The summed E-state index contributed by atoms with van der Waals surface area (Å²) in [5.41, 5.74) is 7.67. The topological polar surface area (TPSA) is 69.9 Å². The van der Waals surface area contributed by atoms with Crippen LogP contribution in [0.2, 0.25) is 0 Å². The molecule has 3 heterocycles. The van der Waals surface area contributed by atoms with Gasteiger partial charge >= 0.3 is 0 Å². The number of nitrogens with zero attached hydrogens (tertiary/aromatic N) is 3. The molecule has 0 radical (unpaired) electrons. The van der Waals surface area contributed by atoms with E-state index in [1.54, 1.807) is 28.3 Å². The van der Waals surface area contributed by atoms with E-state index in [0.29, 0.717) is 17.3 Å². The Kier molecular flexibility index (Phi) is 2.37. The molecule has 98 valence electrons. The summed E-state index contributed by atoms with van der Waals surface area (Å²) in [4.78, 5) is 4.55. The van der Waals surface area contributed by atoms with Crippen LogP contribution in [0.3, 0.4) is 0 Å². The molecular formula is C14H10N4OS. The molecule has 4 rings (SSSR count). The van der Waals surface area contributed by atoms with Crippen LogP contribution in [-0.4, -0.2) is 14.8 Å². The zero-order valence-corrected chi connectivity index (χ0v) is 11.2. The van der Waals surface area contributed by atoms with Gasteiger partial charge in [-0.1, -0.05) is 23.5 Å². The first-order chi connectivity index (χ1) is 9.81. The van der Waals surface area contributed by atoms with Crippen molar-refractivity contribution in [2.45, 2.75) is 0 Å². The van der Waals surface area contributed by atoms with E-state index in [1.165, 1.54) is 0 Å². The van der Waals surface area contributed by atoms with Gasteiger partial charge in [-0.2, -0.15) is 9.78 Å². The maximum Gasteiger partial charge on any atom is 0.213 e. The molecule has 0 bridgehead atoms. The zero-order chi connectivity index (χ0) is 13.5. The molecular weight excluding hydrogens is 272 g/mol. The number of thiazole rings is 1. The second-order valence-electron chi connectivity index (χ2n) is 4.31. The second-order valence-corrected chi connectivity index (χ2v) is 5.32. The third-order valence-corrected chi connectivity index (χ3v) is 3.99. The van der Waals surface area contributed by atoms with E-state index in [4.69, 9.17) is 10.2 Å². The normalized spacial score (nSPS) is 11.2. The minimum absolute atomic E-state index is 0.537. The van der Waals surface area contributed by atoms with Crippen molar-refractivity contribution >= 4 is 27.4 Å². The Morgan fingerprint density at radius 2 is 2.05 bits per heavy atom. The summed E-state index contributed by atoms with van der Waals surface area (Å²) in [5, 5.41) is 5.21. The number of nitrogen functional groups attached to an aromatic ring is 1. The van der Waals surface area contributed by atoms with Crippen LogP contribution in [-0.2, 0) is 0 Å². The van der Waals surface area contributed by atoms with E-state index in [1.807, 2.05) is 36.4 Å². The van der Waals surface area contributed by atoms with E-state index in [2.05, 4.69) is 10.1 Å². The van der Waals surface area contributed by atoms with Gasteiger partial charge in [-0.3, -0.25) is 0 Å². The third-order valence-electron chi connectivity index (χ3n) is 2.97. The molecule has 0 saturated heterocycles. The highest BCUT2D eigenvalue weighted by Gasteiger charge is 2.13. The van der Waals surface area contributed by atoms with Gasteiger partial charge in [0, 0.05) is 6.07 Å². The molecule has 0 saturated carbocycles. The lowest BCUT2D eigenvalue weighted by Crippen LogP contribution is -2.00. The van der Waals surface area contributed by atoms with E-state index in [-0.39, 0.29) is 0 Å². The van der Waals surface area contributed by atoms with E-state index < -0.39 is 0 Å². The second kappa shape index (κ2) is 4.21. The van der Waals surface area contributed by atoms with Gasteiger partial charge in [0.25, 0.3) is 0 Å². The van der Waals surface area contributed by atoms with E-state index in [9.17, 15) is 0 Å². The molecule has 2 N–H and O–H groups in total. The first-order valence-electron chi connectivity index (χ1n) is 6.06. The van der Waals surface area contributed by atoms with Crippen molar-refractivity contribution in [1.82, 2.24) is 14.8 Å². The molecule has 0 amide bonds. The van der Waals surface area contributed by atoms with Crippen LogP contribution in [0, 0.1) is 0 Å². The largest absolute Gasteiger partial charge is 0.463 e. The Morgan fingerprint density at radius 3 is 2.85 bits per heavy atom. The number of furan rings is 1. The number of hydrogen-bond acceptors (Lipinski definition) is 5. The highest BCUT2D eigenvalue weighted by Crippen LogP contribution is 2.28. The van der Waals surface area contributed by atoms with Crippen LogP contribution >= 0.6 is 11.3 Å². The summed E-state index contributed by atoms with van der Waals surface area (Å²) in [5.74, 6) is 1.23. The monoisotopic (exact) mass is 282 g/mol. The van der Waals surface area contributed by atoms with Gasteiger partial charge in [0.05, 0.1) is 16.5 Å². The maximum atomic E-state index is 6.03. The van der Waals surface area contributed by atoms with Crippen LogP contribution in [0.5, 0.6) is 0 Å². The maximum absolute atomic E-state index is 6.03. The molecule has 0 aliphatic heterocycles. The number of fused-ring (bicyclic) bond motifs is 1. The standard InChI is InChI=1S/C14H10N4OS/c15-13-8-10(11-5-3-7-19-11)17-18(13)14-16-9-4-1-2-6-12(9)20-14/h1-8H,15H2. The fraction of sp³-hybridized carbons (Fsp3) is 0. The fourth-order valence-electron chi connectivity index (χ4n) is 2.04. The Bertz CT molecular complexity index is 843. The molecule has 0 fully saturated rings. The number of nitrogens with two attached hydrogens (primary N) is 1. The van der Waals surface area contributed by atoms with Gasteiger partial charge in [0.1, 0.15) is 11.5 Å². The quantitative estimate of drug-likeness (QED) is 0.612. The summed E-state index contributed by atoms with van der Waals surface area (Å²) in [6, 6.07) is 13.4. The molecule has 1 aromatic carbocycles. The van der Waals surface area contributed by atoms with Crippen LogP contribution in [0.25, 0.3) is 26.8 Å². The molecule has 0 atom stereocenters. The number of hydrogen-bond donors (Lipinski definition) is 1. The summed E-state index contributed by atoms with van der Waals surface area (Å²) >= 11 is 1.55. The number of aromatic nitrogens is 3. The van der Waals surface area contributed by atoms with Gasteiger partial charge in [0.2, 0.25) is 5.13 Å². The molecule has 0 aliphatic carbocycles. The van der Waals surface area contributed by atoms with Crippen molar-refractivity contribution in [3.8, 4) is 16.6 Å². The average Bonchev–Trinajstić information content (AvgIpc) is 3.16. The first-order valence-corrected chi connectivity index (χ1v) is 6.88. The Labute approximate surface area is 118 Å². The number of para-hydroxylation sites is 1. The zero-order valence-electron chi connectivity index (χ0n) is 10.4. The Balaban J connectivity index is 1.85. The molecule has 3 aromatic heterocycles. The highest BCUT2D eigenvalue weighted by molar-refractivity contribution is 7.20. The third kappa shape index (κ3) is 1.70. The highest BCUT2D eigenvalue weighted by atomic mass is 32.1. The summed E-state index contributed by atoms with van der Waals surface area (Å²) in [6.45, 7) is 0. The van der Waals surface area contributed by atoms with Gasteiger partial charge in [-0.05, 0) is 24.3 Å². The number of anilines is 1. The van der Waals surface area contributed by atoms with Crippen molar-refractivity contribution in [2.75, 3.05) is 5.73 Å². The minimum Gasteiger partial charge on any atom is -0.463 e. The Morgan fingerprint density at radius 1 is 1.15 bits per heavy atom. The van der Waals surface area contributed by atoms with Gasteiger partial charge in [0.15, 0.2) is 5.76 Å². The molecule has 0 unspecified atom stereocenters. The smallest absolute Gasteiger partial charge is 0.213 e. The van der Waals surface area contributed by atoms with Crippen molar-refractivity contribution in [2.24, 2.45) is 0 Å². The summed E-state index contributed by atoms with van der Waals surface area (Å²) in [7, 11) is 0. The van der Waals surface area contributed by atoms with E-state index >= 15 is 0 Å². The Hall–Kier alpha value is -2.60. The fourth-order valence-corrected chi connectivity index (χ4v) is 2.98. The van der Waals surface area contributed by atoms with Crippen LogP contribution < -0.4 is 5.73 Å². The van der Waals surface area contributed by atoms with Crippen LogP contribution in [0.15, 0.2) is 53.1 Å². The van der Waals surface area contributed by atoms with Gasteiger partial charge in [-0.15, -0.1) is 0 Å². The number of rotatable bonds is 2. The van der Waals surface area contributed by atoms with Crippen LogP contribution in [0.4, 0.5) is 5.82 Å². The minimum atomic E-state index is 0.537. The van der Waals surface area contributed by atoms with Crippen LogP contribution in [0.1, 0.15) is 0 Å². The lowest BCUT2D eigenvalue weighted by Gasteiger charge is -1.96. The molecule has 0 spiro atoms. The number of benzene rings is 1. The van der Waals surface area contributed by atoms with E-state index in [0.717, 1.165) is 15.3 Å². The molecule has 4 aromatic rings. The summed E-state index contributed by atoms with van der Waals surface area (Å²) < 4.78 is 8.08. The molecule has 6 heteroatoms. The SMILES string of the molecule is Nc1cc(-c2ccco2)nn1-c1nc2ccccc2s1. The van der Waals surface area contributed by atoms with Crippen molar-refractivity contribution in [1.29, 1.82) is 0 Å². The van der Waals surface area contributed by atoms with Crippen molar-refractivity contribution in [3.05, 3.63) is 48.7 Å². The molecule has 20 heavy (non-hydrogen) atoms. The van der Waals surface area contributed by atoms with Crippen molar-refractivity contribution in [3.63, 3.8) is 0 Å². The lowest BCUT2D eigenvalue weighted by atomic mass is 10.3. The summed E-state index contributed by atoms with van der Waals surface area (Å²) in [6.07, 6.45) is 1.61. The predicted octanol–water partition coefficient (Wildman–Crippen LogP) is 3.32. The lowest BCUT2D eigenvalue weighted by molar-refractivity contribution is 0.579. The first kappa shape index (κ1) is 11.2. The van der Waals surface area contributed by atoms with Gasteiger partial charge < -0.3 is 10.2 Å². The predicted molar refractivity (Wildman–Crippen MR) is 78.9 cm³/mol. The van der Waals surface area contributed by atoms with Gasteiger partial charge in [-0.25, -0.2) is 4.98 Å².